The Bertz CT molecular complexity index is 212. The molecule has 0 amide bonds. The molecule has 0 N–H and O–H groups in total. The van der Waals surface area contributed by atoms with Crippen molar-refractivity contribution in [1.29, 1.82) is 0 Å². The van der Waals surface area contributed by atoms with Crippen LogP contribution in [0.5, 0.6) is 0 Å². The quantitative estimate of drug-likeness (QED) is 0.540. The SMILES string of the molecule is CCCC(C)C1C(CC)C1C1CCCCCC1. The van der Waals surface area contributed by atoms with Crippen molar-refractivity contribution in [3.8, 4) is 0 Å². The molecule has 0 bridgehead atoms. The van der Waals surface area contributed by atoms with Gasteiger partial charge in [0.15, 0.2) is 0 Å². The van der Waals surface area contributed by atoms with Crippen molar-refractivity contribution in [1.82, 2.24) is 0 Å². The van der Waals surface area contributed by atoms with Gasteiger partial charge in [-0.3, -0.25) is 0 Å². The molecule has 0 aliphatic heterocycles. The van der Waals surface area contributed by atoms with Crippen molar-refractivity contribution in [2.24, 2.45) is 29.6 Å². The second-order valence-corrected chi connectivity index (χ2v) is 6.74. The van der Waals surface area contributed by atoms with E-state index < -0.39 is 0 Å². The first-order valence-electron chi connectivity index (χ1n) is 8.29. The Morgan fingerprint density at radius 2 is 1.65 bits per heavy atom. The molecule has 2 fully saturated rings. The normalized spacial score (nSPS) is 36.5. The van der Waals surface area contributed by atoms with Crippen LogP contribution in [0.2, 0.25) is 0 Å². The Morgan fingerprint density at radius 1 is 1.00 bits per heavy atom. The second kappa shape index (κ2) is 6.25. The van der Waals surface area contributed by atoms with Crippen LogP contribution in [0.4, 0.5) is 0 Å². The highest BCUT2D eigenvalue weighted by Gasteiger charge is 2.53. The summed E-state index contributed by atoms with van der Waals surface area (Å²) >= 11 is 0. The molecule has 0 aromatic rings. The monoisotopic (exact) mass is 236 g/mol. The molecule has 100 valence electrons. The van der Waals surface area contributed by atoms with Crippen LogP contribution in [0.15, 0.2) is 0 Å². The Balaban J connectivity index is 1.90. The minimum absolute atomic E-state index is 0.998. The van der Waals surface area contributed by atoms with E-state index in [2.05, 4.69) is 20.8 Å². The first kappa shape index (κ1) is 13.4. The number of hydrogen-bond acceptors (Lipinski definition) is 0. The van der Waals surface area contributed by atoms with Gasteiger partial charge >= 0.3 is 0 Å². The van der Waals surface area contributed by atoms with E-state index in [0.29, 0.717) is 0 Å². The molecule has 0 heteroatoms. The summed E-state index contributed by atoms with van der Waals surface area (Å²) in [6, 6.07) is 0. The summed E-state index contributed by atoms with van der Waals surface area (Å²) in [5.41, 5.74) is 0. The fourth-order valence-electron chi connectivity index (χ4n) is 4.78. The molecule has 4 unspecified atom stereocenters. The first-order valence-corrected chi connectivity index (χ1v) is 8.29. The molecule has 2 aliphatic carbocycles. The Hall–Kier alpha value is 0. The fourth-order valence-corrected chi connectivity index (χ4v) is 4.78. The van der Waals surface area contributed by atoms with Crippen LogP contribution in [0.25, 0.3) is 0 Å². The van der Waals surface area contributed by atoms with E-state index in [1.807, 2.05) is 0 Å². The average Bonchev–Trinajstić information content (AvgIpc) is 3.09. The van der Waals surface area contributed by atoms with Gasteiger partial charge in [0, 0.05) is 0 Å². The van der Waals surface area contributed by atoms with Gasteiger partial charge in [-0.15, -0.1) is 0 Å². The average molecular weight is 236 g/mol. The summed E-state index contributed by atoms with van der Waals surface area (Å²) in [5.74, 6) is 5.42. The molecule has 2 rings (SSSR count). The van der Waals surface area contributed by atoms with Crippen LogP contribution in [0.3, 0.4) is 0 Å². The third-order valence-corrected chi connectivity index (χ3v) is 5.61. The number of rotatable bonds is 5. The second-order valence-electron chi connectivity index (χ2n) is 6.74. The van der Waals surface area contributed by atoms with E-state index in [1.54, 1.807) is 12.8 Å². The van der Waals surface area contributed by atoms with Crippen LogP contribution in [-0.4, -0.2) is 0 Å². The van der Waals surface area contributed by atoms with Crippen LogP contribution in [-0.2, 0) is 0 Å². The molecule has 0 saturated heterocycles. The van der Waals surface area contributed by atoms with Gasteiger partial charge in [0.2, 0.25) is 0 Å². The van der Waals surface area contributed by atoms with Gasteiger partial charge in [-0.1, -0.05) is 78.6 Å². The minimum atomic E-state index is 0.998. The molecule has 0 aromatic heterocycles. The van der Waals surface area contributed by atoms with Gasteiger partial charge in [0.05, 0.1) is 0 Å². The van der Waals surface area contributed by atoms with Gasteiger partial charge in [-0.2, -0.15) is 0 Å². The van der Waals surface area contributed by atoms with Crippen LogP contribution >= 0.6 is 0 Å². The summed E-state index contributed by atoms with van der Waals surface area (Å²) in [7, 11) is 0. The van der Waals surface area contributed by atoms with Crippen molar-refractivity contribution in [2.75, 3.05) is 0 Å². The van der Waals surface area contributed by atoms with Crippen LogP contribution in [0.1, 0.15) is 78.6 Å². The summed E-state index contributed by atoms with van der Waals surface area (Å²) in [5, 5.41) is 0. The summed E-state index contributed by atoms with van der Waals surface area (Å²) in [4.78, 5) is 0. The van der Waals surface area contributed by atoms with E-state index >= 15 is 0 Å². The van der Waals surface area contributed by atoms with Gasteiger partial charge < -0.3 is 0 Å². The van der Waals surface area contributed by atoms with Crippen molar-refractivity contribution in [3.05, 3.63) is 0 Å². The van der Waals surface area contributed by atoms with E-state index in [9.17, 15) is 0 Å². The lowest BCUT2D eigenvalue weighted by Crippen LogP contribution is -2.07. The predicted molar refractivity (Wildman–Crippen MR) is 76.0 cm³/mol. The maximum Gasteiger partial charge on any atom is -0.0321 e. The maximum atomic E-state index is 2.52. The van der Waals surface area contributed by atoms with Gasteiger partial charge in [0.25, 0.3) is 0 Å². The third-order valence-electron chi connectivity index (χ3n) is 5.61. The molecule has 0 radical (unpaired) electrons. The van der Waals surface area contributed by atoms with Gasteiger partial charge in [-0.05, 0) is 29.6 Å². The zero-order valence-corrected chi connectivity index (χ0v) is 12.3. The summed E-state index contributed by atoms with van der Waals surface area (Å²) < 4.78 is 0. The fraction of sp³-hybridized carbons (Fsp3) is 1.00. The van der Waals surface area contributed by atoms with Crippen molar-refractivity contribution in [2.45, 2.75) is 78.6 Å². The van der Waals surface area contributed by atoms with E-state index in [1.165, 1.54) is 44.9 Å². The van der Waals surface area contributed by atoms with Gasteiger partial charge in [-0.25, -0.2) is 0 Å². The topological polar surface area (TPSA) is 0 Å². The van der Waals surface area contributed by atoms with Crippen LogP contribution in [0, 0.1) is 29.6 Å². The molecule has 4 atom stereocenters. The van der Waals surface area contributed by atoms with E-state index in [4.69, 9.17) is 0 Å². The van der Waals surface area contributed by atoms with Gasteiger partial charge in [0.1, 0.15) is 0 Å². The molecular formula is C17H32. The highest BCUT2D eigenvalue weighted by molar-refractivity contribution is 5.01. The zero-order valence-electron chi connectivity index (χ0n) is 12.3. The van der Waals surface area contributed by atoms with E-state index in [-0.39, 0.29) is 0 Å². The van der Waals surface area contributed by atoms with Crippen LogP contribution < -0.4 is 0 Å². The molecule has 2 saturated carbocycles. The van der Waals surface area contributed by atoms with Crippen molar-refractivity contribution < 1.29 is 0 Å². The lowest BCUT2D eigenvalue weighted by atomic mass is 9.89. The summed E-state index contributed by atoms with van der Waals surface area (Å²) in [6.07, 6.45) is 13.5. The molecule has 0 aromatic carbocycles. The predicted octanol–water partition coefficient (Wildman–Crippen LogP) is 5.67. The summed E-state index contributed by atoms with van der Waals surface area (Å²) in [6.45, 7) is 7.29. The van der Waals surface area contributed by atoms with Crippen molar-refractivity contribution in [3.63, 3.8) is 0 Å². The molecule has 17 heavy (non-hydrogen) atoms. The highest BCUT2D eigenvalue weighted by atomic mass is 14.6. The number of hydrogen-bond donors (Lipinski definition) is 0. The molecule has 0 nitrogen and oxygen atoms in total. The lowest BCUT2D eigenvalue weighted by Gasteiger charge is -2.16. The molecule has 2 aliphatic rings. The largest absolute Gasteiger partial charge is 0.0654 e. The molecule has 0 heterocycles. The van der Waals surface area contributed by atoms with E-state index in [0.717, 1.165) is 29.6 Å². The van der Waals surface area contributed by atoms with Crippen molar-refractivity contribution >= 4 is 0 Å². The third kappa shape index (κ3) is 3.06. The first-order chi connectivity index (χ1) is 8.29. The Morgan fingerprint density at radius 3 is 2.18 bits per heavy atom. The minimum Gasteiger partial charge on any atom is -0.0654 e. The molecular weight excluding hydrogens is 204 g/mol. The maximum absolute atomic E-state index is 2.52. The lowest BCUT2D eigenvalue weighted by molar-refractivity contribution is 0.341. The Labute approximate surface area is 109 Å². The zero-order chi connectivity index (χ0) is 12.3. The Kier molecular flexibility index (Phi) is 4.94. The standard InChI is InChI=1S/C17H32/c1-4-10-13(3)16-15(5-2)17(16)14-11-8-6-7-9-12-14/h13-17H,4-12H2,1-3H3. The molecule has 0 spiro atoms. The highest BCUT2D eigenvalue weighted by Crippen LogP contribution is 2.59. The smallest absolute Gasteiger partial charge is 0.0321 e.